The molecule has 0 atom stereocenters. The summed E-state index contributed by atoms with van der Waals surface area (Å²) in [6.07, 6.45) is 3.05. The van der Waals surface area contributed by atoms with Crippen LogP contribution in [0, 0.1) is 0 Å². The highest BCUT2D eigenvalue weighted by Gasteiger charge is 2.22. The number of rotatable bonds is 12. The quantitative estimate of drug-likeness (QED) is 0.189. The molecule has 0 amide bonds. The van der Waals surface area contributed by atoms with Crippen molar-refractivity contribution < 1.29 is 18.9 Å². The average Bonchev–Trinajstić information content (AvgIpc) is 3.44. The molecule has 0 aliphatic heterocycles. The molecule has 8 nitrogen and oxygen atoms in total. The van der Waals surface area contributed by atoms with Gasteiger partial charge in [0.1, 0.15) is 39.9 Å². The van der Waals surface area contributed by atoms with E-state index in [2.05, 4.69) is 22.9 Å². The summed E-state index contributed by atoms with van der Waals surface area (Å²) in [5, 5.41) is 1.03. The zero-order chi connectivity index (χ0) is 28.1. The van der Waals surface area contributed by atoms with Gasteiger partial charge in [-0.25, -0.2) is 9.97 Å². The highest BCUT2D eigenvalue weighted by molar-refractivity contribution is 6.06. The van der Waals surface area contributed by atoms with Gasteiger partial charge in [-0.1, -0.05) is 31.5 Å². The normalized spacial score (nSPS) is 11.1. The van der Waals surface area contributed by atoms with E-state index in [9.17, 15) is 0 Å². The Balaban J connectivity index is 1.68. The zero-order valence-electron chi connectivity index (χ0n) is 23.8. The highest BCUT2D eigenvalue weighted by atomic mass is 16.5. The predicted octanol–water partition coefficient (Wildman–Crippen LogP) is 6.69. The number of aromatic nitrogens is 3. The van der Waals surface area contributed by atoms with Gasteiger partial charge in [0.2, 0.25) is 0 Å². The van der Waals surface area contributed by atoms with Crippen molar-refractivity contribution in [1.82, 2.24) is 15.0 Å². The Morgan fingerprint density at radius 3 is 1.95 bits per heavy atom. The number of benzene rings is 3. The van der Waals surface area contributed by atoms with Crippen LogP contribution in [-0.2, 0) is 19.5 Å². The van der Waals surface area contributed by atoms with E-state index in [-0.39, 0.29) is 0 Å². The number of aromatic amines is 1. The first-order valence-corrected chi connectivity index (χ1v) is 13.5. The van der Waals surface area contributed by atoms with Gasteiger partial charge >= 0.3 is 0 Å². The van der Waals surface area contributed by atoms with Gasteiger partial charge in [0.25, 0.3) is 0 Å². The number of H-pyrrole nitrogens is 1. The maximum atomic E-state index is 5.77. The Kier molecular flexibility index (Phi) is 8.24. The van der Waals surface area contributed by atoms with Crippen molar-refractivity contribution in [3.05, 3.63) is 77.6 Å². The Labute approximate surface area is 234 Å². The molecule has 1 N–H and O–H groups in total. The summed E-state index contributed by atoms with van der Waals surface area (Å²) in [5.41, 5.74) is 4.76. The molecule has 8 heteroatoms. The first-order valence-electron chi connectivity index (χ1n) is 13.5. The number of ether oxygens (including phenoxy) is 4. The minimum Gasteiger partial charge on any atom is -0.497 e. The molecule has 0 bridgehead atoms. The van der Waals surface area contributed by atoms with E-state index in [1.54, 1.807) is 28.4 Å². The summed E-state index contributed by atoms with van der Waals surface area (Å²) in [5.74, 6) is 4.77. The molecule has 2 heterocycles. The number of unbranched alkanes of at least 4 members (excludes halogenated alkanes) is 1. The third-order valence-corrected chi connectivity index (χ3v) is 7.14. The average molecular weight is 541 g/mol. The van der Waals surface area contributed by atoms with E-state index in [0.717, 1.165) is 87.0 Å². The van der Waals surface area contributed by atoms with Gasteiger partial charge in [0, 0.05) is 48.2 Å². The number of imidazole rings is 1. The Hall–Kier alpha value is -4.46. The number of para-hydroxylation sites is 1. The lowest BCUT2D eigenvalue weighted by Gasteiger charge is -2.27. The van der Waals surface area contributed by atoms with Gasteiger partial charge < -0.3 is 28.8 Å². The van der Waals surface area contributed by atoms with Crippen LogP contribution in [0.4, 0.5) is 5.82 Å². The molecule has 0 fully saturated rings. The summed E-state index contributed by atoms with van der Waals surface area (Å²) in [7, 11) is 6.66. The van der Waals surface area contributed by atoms with Crippen molar-refractivity contribution in [1.29, 1.82) is 0 Å². The first kappa shape index (κ1) is 27.1. The second-order valence-corrected chi connectivity index (χ2v) is 9.67. The number of methoxy groups -OCH3 is 4. The van der Waals surface area contributed by atoms with Crippen molar-refractivity contribution in [2.75, 3.05) is 33.3 Å². The second-order valence-electron chi connectivity index (χ2n) is 9.67. The van der Waals surface area contributed by atoms with E-state index < -0.39 is 0 Å². The third kappa shape index (κ3) is 5.47. The number of hydrogen-bond acceptors (Lipinski definition) is 7. The number of anilines is 1. The standard InChI is InChI=1S/C32H36N4O4/c1-6-7-12-29-34-30-25-10-8-9-11-26(25)33-32(31(30)35-29)36(19-21-13-15-23(37-2)17-27(21)39-4)20-22-14-16-24(38-3)18-28(22)40-5/h8-11,13-18H,6-7,12,19-20H2,1-5H3,(H,34,35). The van der Waals surface area contributed by atoms with Gasteiger partial charge in [-0.2, -0.15) is 0 Å². The number of fused-ring (bicyclic) bond motifs is 3. The molecule has 0 unspecified atom stereocenters. The fourth-order valence-electron chi connectivity index (χ4n) is 4.99. The summed E-state index contributed by atoms with van der Waals surface area (Å²) in [4.78, 5) is 16.1. The van der Waals surface area contributed by atoms with Gasteiger partial charge in [-0.3, -0.25) is 0 Å². The smallest absolute Gasteiger partial charge is 0.155 e. The fraction of sp³-hybridized carbons (Fsp3) is 0.312. The SMILES string of the molecule is CCCCc1nc2c([nH]1)c(N(Cc1ccc(OC)cc1OC)Cc1ccc(OC)cc1OC)nc1ccccc12. The largest absolute Gasteiger partial charge is 0.497 e. The summed E-state index contributed by atoms with van der Waals surface area (Å²) >= 11 is 0. The van der Waals surface area contributed by atoms with Crippen LogP contribution in [0.2, 0.25) is 0 Å². The molecule has 0 aliphatic rings. The zero-order valence-corrected chi connectivity index (χ0v) is 23.8. The van der Waals surface area contributed by atoms with Crippen molar-refractivity contribution >= 4 is 27.8 Å². The molecule has 2 aromatic heterocycles. The molecule has 208 valence electrons. The third-order valence-electron chi connectivity index (χ3n) is 7.14. The van der Waals surface area contributed by atoms with E-state index in [4.69, 9.17) is 28.9 Å². The number of nitrogens with zero attached hydrogens (tertiary/aromatic N) is 3. The Morgan fingerprint density at radius 2 is 1.38 bits per heavy atom. The van der Waals surface area contributed by atoms with Crippen molar-refractivity contribution in [2.45, 2.75) is 39.3 Å². The van der Waals surface area contributed by atoms with Gasteiger partial charge in [-0.15, -0.1) is 0 Å². The lowest BCUT2D eigenvalue weighted by atomic mass is 10.1. The summed E-state index contributed by atoms with van der Waals surface area (Å²) in [6.45, 7) is 3.26. The lowest BCUT2D eigenvalue weighted by molar-refractivity contribution is 0.389. The van der Waals surface area contributed by atoms with Crippen LogP contribution in [0.25, 0.3) is 21.9 Å². The molecular formula is C32H36N4O4. The lowest BCUT2D eigenvalue weighted by Crippen LogP contribution is -2.24. The maximum absolute atomic E-state index is 5.77. The highest BCUT2D eigenvalue weighted by Crippen LogP contribution is 2.35. The molecule has 5 rings (SSSR count). The van der Waals surface area contributed by atoms with Crippen LogP contribution in [0.15, 0.2) is 60.7 Å². The molecular weight excluding hydrogens is 504 g/mol. The number of nitrogens with one attached hydrogen (secondary N) is 1. The maximum Gasteiger partial charge on any atom is 0.155 e. The first-order chi connectivity index (χ1) is 19.6. The number of pyridine rings is 1. The van der Waals surface area contributed by atoms with Crippen molar-refractivity contribution in [2.24, 2.45) is 0 Å². The number of aryl methyl sites for hydroxylation is 1. The topological polar surface area (TPSA) is 81.7 Å². The van der Waals surface area contributed by atoms with Crippen LogP contribution < -0.4 is 23.8 Å². The van der Waals surface area contributed by atoms with Crippen LogP contribution >= 0.6 is 0 Å². The summed E-state index contributed by atoms with van der Waals surface area (Å²) < 4.78 is 22.4. The molecule has 0 saturated carbocycles. The van der Waals surface area contributed by atoms with Gasteiger partial charge in [-0.05, 0) is 36.8 Å². The Bertz CT molecular complexity index is 1560. The van der Waals surface area contributed by atoms with E-state index in [0.29, 0.717) is 13.1 Å². The number of hydrogen-bond donors (Lipinski definition) is 1. The van der Waals surface area contributed by atoms with Crippen LogP contribution in [0.5, 0.6) is 23.0 Å². The molecule has 0 radical (unpaired) electrons. The molecule has 3 aromatic carbocycles. The summed E-state index contributed by atoms with van der Waals surface area (Å²) in [6, 6.07) is 20.0. The van der Waals surface area contributed by atoms with Crippen molar-refractivity contribution in [3.8, 4) is 23.0 Å². The van der Waals surface area contributed by atoms with Crippen LogP contribution in [0.3, 0.4) is 0 Å². The van der Waals surface area contributed by atoms with E-state index in [1.807, 2.05) is 54.6 Å². The van der Waals surface area contributed by atoms with E-state index in [1.165, 1.54) is 0 Å². The fourth-order valence-corrected chi connectivity index (χ4v) is 4.99. The van der Waals surface area contributed by atoms with Gasteiger partial charge in [0.15, 0.2) is 5.82 Å². The van der Waals surface area contributed by atoms with Gasteiger partial charge in [0.05, 0.1) is 34.0 Å². The van der Waals surface area contributed by atoms with Crippen LogP contribution in [-0.4, -0.2) is 43.4 Å². The van der Waals surface area contributed by atoms with Crippen molar-refractivity contribution in [3.63, 3.8) is 0 Å². The predicted molar refractivity (Wildman–Crippen MR) is 159 cm³/mol. The minimum atomic E-state index is 0.534. The Morgan fingerprint density at radius 1 is 0.750 bits per heavy atom. The molecule has 0 aliphatic carbocycles. The molecule has 5 aromatic rings. The van der Waals surface area contributed by atoms with E-state index >= 15 is 0 Å². The monoisotopic (exact) mass is 540 g/mol. The minimum absolute atomic E-state index is 0.534. The molecule has 0 spiro atoms. The second kappa shape index (κ2) is 12.2. The molecule has 0 saturated heterocycles. The van der Waals surface area contributed by atoms with Crippen LogP contribution in [0.1, 0.15) is 36.7 Å². The molecule has 40 heavy (non-hydrogen) atoms.